The van der Waals surface area contributed by atoms with Crippen molar-refractivity contribution in [2.75, 3.05) is 19.6 Å². The molecule has 1 unspecified atom stereocenters. The van der Waals surface area contributed by atoms with Crippen molar-refractivity contribution < 1.29 is 13.2 Å². The Morgan fingerprint density at radius 1 is 1.18 bits per heavy atom. The van der Waals surface area contributed by atoms with E-state index in [9.17, 15) is 13.2 Å². The highest BCUT2D eigenvalue weighted by Crippen LogP contribution is 2.37. The molecule has 22 heavy (non-hydrogen) atoms. The van der Waals surface area contributed by atoms with Crippen LogP contribution in [0.3, 0.4) is 0 Å². The molecular weight excluding hydrogens is 309 g/mol. The zero-order valence-electron chi connectivity index (χ0n) is 12.2. The van der Waals surface area contributed by atoms with E-state index in [1.807, 2.05) is 0 Å². The molecule has 1 fully saturated rings. The summed E-state index contributed by atoms with van der Waals surface area (Å²) >= 11 is 1.52. The molecule has 3 rings (SSSR count). The minimum atomic E-state index is -4.33. The van der Waals surface area contributed by atoms with E-state index in [-0.39, 0.29) is 5.56 Å². The van der Waals surface area contributed by atoms with Gasteiger partial charge in [-0.1, -0.05) is 18.2 Å². The van der Waals surface area contributed by atoms with Gasteiger partial charge in [-0.15, -0.1) is 11.8 Å². The summed E-state index contributed by atoms with van der Waals surface area (Å²) in [6.45, 7) is 2.73. The highest BCUT2D eigenvalue weighted by Gasteiger charge is 2.35. The number of alkyl halides is 3. The number of halogens is 3. The second-order valence-electron chi connectivity index (χ2n) is 5.86. The Bertz CT molecular complexity index is 551. The van der Waals surface area contributed by atoms with Gasteiger partial charge in [-0.2, -0.15) is 13.2 Å². The molecule has 0 saturated carbocycles. The highest BCUT2D eigenvalue weighted by atomic mass is 32.2. The van der Waals surface area contributed by atoms with E-state index in [4.69, 9.17) is 0 Å². The predicted octanol–water partition coefficient (Wildman–Crippen LogP) is 3.96. The minimum Gasteiger partial charge on any atom is -0.317 e. The van der Waals surface area contributed by atoms with Crippen molar-refractivity contribution in [1.29, 1.82) is 0 Å². The van der Waals surface area contributed by atoms with Crippen LogP contribution in [0.1, 0.15) is 30.4 Å². The first-order valence-corrected chi connectivity index (χ1v) is 8.50. The zero-order chi connectivity index (χ0) is 15.6. The lowest BCUT2D eigenvalue weighted by Crippen LogP contribution is -2.29. The number of nitrogens with one attached hydrogen (secondary N) is 1. The van der Waals surface area contributed by atoms with Gasteiger partial charge in [-0.25, -0.2) is 0 Å². The molecule has 2 aliphatic rings. The molecule has 2 aliphatic heterocycles. The van der Waals surface area contributed by atoms with Crippen LogP contribution in [0.4, 0.5) is 13.2 Å². The fraction of sp³-hybridized carbons (Fsp3) is 0.562. The normalized spacial score (nSPS) is 23.6. The lowest BCUT2D eigenvalue weighted by molar-refractivity contribution is -0.137. The number of benzene rings is 1. The third-order valence-corrected chi connectivity index (χ3v) is 5.48. The first kappa shape index (κ1) is 15.9. The molecule has 120 valence electrons. The summed E-state index contributed by atoms with van der Waals surface area (Å²) in [7, 11) is 0. The molecule has 0 aliphatic carbocycles. The van der Waals surface area contributed by atoms with Crippen LogP contribution in [0.2, 0.25) is 0 Å². The van der Waals surface area contributed by atoms with Crippen molar-refractivity contribution in [3.63, 3.8) is 0 Å². The summed E-state index contributed by atoms with van der Waals surface area (Å²) in [4.78, 5) is 4.39. The van der Waals surface area contributed by atoms with Crippen LogP contribution in [0, 0.1) is 5.92 Å². The van der Waals surface area contributed by atoms with Crippen LogP contribution in [-0.4, -0.2) is 29.9 Å². The van der Waals surface area contributed by atoms with Gasteiger partial charge in [0.15, 0.2) is 0 Å². The lowest BCUT2D eigenvalue weighted by atomic mass is 9.93. The van der Waals surface area contributed by atoms with Crippen molar-refractivity contribution in [3.05, 3.63) is 35.4 Å². The van der Waals surface area contributed by atoms with Gasteiger partial charge in [0, 0.05) is 10.8 Å². The van der Waals surface area contributed by atoms with E-state index in [0.717, 1.165) is 38.4 Å². The summed E-state index contributed by atoms with van der Waals surface area (Å²) < 4.78 is 39.3. The molecule has 2 nitrogen and oxygen atoms in total. The summed E-state index contributed by atoms with van der Waals surface area (Å²) in [5.74, 6) is 0.672. The third-order valence-electron chi connectivity index (χ3n) is 4.23. The molecule has 0 bridgehead atoms. The number of piperidine rings is 1. The molecule has 0 spiro atoms. The largest absolute Gasteiger partial charge is 0.417 e. The summed E-state index contributed by atoms with van der Waals surface area (Å²) in [6, 6.07) is 5.74. The average Bonchev–Trinajstić information content (AvgIpc) is 2.96. The smallest absolute Gasteiger partial charge is 0.317 e. The maximum atomic E-state index is 13.1. The van der Waals surface area contributed by atoms with Crippen molar-refractivity contribution in [3.8, 4) is 0 Å². The van der Waals surface area contributed by atoms with Gasteiger partial charge < -0.3 is 5.32 Å². The van der Waals surface area contributed by atoms with Gasteiger partial charge in [-0.05, 0) is 44.3 Å². The van der Waals surface area contributed by atoms with Crippen molar-refractivity contribution >= 4 is 16.8 Å². The van der Waals surface area contributed by atoms with Gasteiger partial charge in [0.2, 0.25) is 0 Å². The van der Waals surface area contributed by atoms with E-state index in [0.29, 0.717) is 22.8 Å². The number of thioether (sulfide) groups is 1. The number of rotatable bonds is 3. The van der Waals surface area contributed by atoms with Gasteiger partial charge >= 0.3 is 6.18 Å². The lowest BCUT2D eigenvalue weighted by Gasteiger charge is -2.24. The Kier molecular flexibility index (Phi) is 4.78. The number of hydrogen-bond acceptors (Lipinski definition) is 3. The molecule has 2 heterocycles. The van der Waals surface area contributed by atoms with Crippen LogP contribution >= 0.6 is 11.8 Å². The van der Waals surface area contributed by atoms with Crippen LogP contribution < -0.4 is 5.32 Å². The predicted molar refractivity (Wildman–Crippen MR) is 84.4 cm³/mol. The maximum absolute atomic E-state index is 13.1. The average molecular weight is 328 g/mol. The second kappa shape index (κ2) is 6.62. The van der Waals surface area contributed by atoms with Gasteiger partial charge in [0.05, 0.1) is 17.2 Å². The fourth-order valence-corrected chi connectivity index (χ4v) is 4.38. The van der Waals surface area contributed by atoms with Gasteiger partial charge in [0.25, 0.3) is 0 Å². The first-order valence-electron chi connectivity index (χ1n) is 7.62. The summed E-state index contributed by atoms with van der Waals surface area (Å²) in [6.07, 6.45) is -0.961. The molecule has 1 N–H and O–H groups in total. The van der Waals surface area contributed by atoms with Crippen molar-refractivity contribution in [2.45, 2.75) is 30.7 Å². The molecule has 0 aromatic heterocycles. The molecular formula is C16H19F3N2S. The van der Waals surface area contributed by atoms with Crippen LogP contribution in [-0.2, 0) is 6.18 Å². The quantitative estimate of drug-likeness (QED) is 0.908. The molecule has 6 heteroatoms. The van der Waals surface area contributed by atoms with Gasteiger partial charge in [-0.3, -0.25) is 4.99 Å². The van der Waals surface area contributed by atoms with E-state index < -0.39 is 11.7 Å². The van der Waals surface area contributed by atoms with E-state index in [2.05, 4.69) is 10.3 Å². The fourth-order valence-electron chi connectivity index (χ4n) is 3.09. The maximum Gasteiger partial charge on any atom is 0.417 e. The van der Waals surface area contributed by atoms with Crippen LogP contribution in [0.15, 0.2) is 29.3 Å². The zero-order valence-corrected chi connectivity index (χ0v) is 13.0. The SMILES string of the molecule is FC(F)(F)c1ccccc1C1=NCC(CC2CCNCC2)S1. The molecule has 1 saturated heterocycles. The van der Waals surface area contributed by atoms with E-state index in [1.54, 1.807) is 6.07 Å². The Morgan fingerprint density at radius 3 is 2.64 bits per heavy atom. The summed E-state index contributed by atoms with van der Waals surface area (Å²) in [5, 5.41) is 4.20. The molecule has 1 atom stereocenters. The third kappa shape index (κ3) is 3.66. The number of hydrogen-bond donors (Lipinski definition) is 1. The highest BCUT2D eigenvalue weighted by molar-refractivity contribution is 8.15. The topological polar surface area (TPSA) is 24.4 Å². The Balaban J connectivity index is 1.67. The van der Waals surface area contributed by atoms with E-state index in [1.165, 1.54) is 23.9 Å². The number of nitrogens with zero attached hydrogens (tertiary/aromatic N) is 1. The Morgan fingerprint density at radius 2 is 1.91 bits per heavy atom. The van der Waals surface area contributed by atoms with E-state index >= 15 is 0 Å². The Labute approximate surface area is 132 Å². The molecule has 1 aromatic carbocycles. The Hall–Kier alpha value is -1.01. The van der Waals surface area contributed by atoms with Crippen molar-refractivity contribution in [2.24, 2.45) is 10.9 Å². The molecule has 1 aromatic rings. The minimum absolute atomic E-state index is 0.229. The van der Waals surface area contributed by atoms with Crippen LogP contribution in [0.25, 0.3) is 0 Å². The van der Waals surface area contributed by atoms with Crippen molar-refractivity contribution in [1.82, 2.24) is 5.32 Å². The first-order chi connectivity index (χ1) is 10.5. The number of aliphatic imine (C=N–C) groups is 1. The summed E-state index contributed by atoms with van der Waals surface area (Å²) in [5.41, 5.74) is -0.350. The molecule has 0 amide bonds. The standard InChI is InChI=1S/C16H19F3N2S/c17-16(18,19)14-4-2-1-3-13(14)15-21-10-12(22-15)9-11-5-7-20-8-6-11/h1-4,11-12,20H,5-10H2. The second-order valence-corrected chi connectivity index (χ2v) is 7.15. The monoisotopic (exact) mass is 328 g/mol. The van der Waals surface area contributed by atoms with Gasteiger partial charge in [0.1, 0.15) is 0 Å². The molecule has 0 radical (unpaired) electrons. The van der Waals surface area contributed by atoms with Crippen LogP contribution in [0.5, 0.6) is 0 Å².